The van der Waals surface area contributed by atoms with Crippen LogP contribution in [-0.4, -0.2) is 22.1 Å². The van der Waals surface area contributed by atoms with Crippen molar-refractivity contribution in [3.05, 3.63) is 75.7 Å². The van der Waals surface area contributed by atoms with Crippen molar-refractivity contribution in [2.24, 2.45) is 0 Å². The summed E-state index contributed by atoms with van der Waals surface area (Å²) in [5.74, 6) is -0.979. The molecule has 0 aliphatic carbocycles. The summed E-state index contributed by atoms with van der Waals surface area (Å²) in [4.78, 5) is 36.7. The lowest BCUT2D eigenvalue weighted by Crippen LogP contribution is -2.45. The molecule has 5 nitrogen and oxygen atoms in total. The molecule has 3 rings (SSSR count). The van der Waals surface area contributed by atoms with Gasteiger partial charge in [0.25, 0.3) is 5.91 Å². The molecule has 25 heavy (non-hydrogen) atoms. The van der Waals surface area contributed by atoms with E-state index in [1.807, 2.05) is 18.2 Å². The second kappa shape index (κ2) is 7.55. The first-order valence-electron chi connectivity index (χ1n) is 7.40. The van der Waals surface area contributed by atoms with E-state index in [-0.39, 0.29) is 11.3 Å². The second-order valence-corrected chi connectivity index (χ2v) is 6.70. The van der Waals surface area contributed by atoms with Gasteiger partial charge in [-0.25, -0.2) is 0 Å². The zero-order chi connectivity index (χ0) is 17.8. The van der Waals surface area contributed by atoms with Crippen LogP contribution >= 0.6 is 23.4 Å². The number of carbonyl (C=O) groups excluding carboxylic acids is 3. The number of nitrogens with one attached hydrogen (secondary N) is 1. The van der Waals surface area contributed by atoms with Gasteiger partial charge in [-0.15, -0.1) is 0 Å². The zero-order valence-electron chi connectivity index (χ0n) is 12.9. The molecule has 1 aliphatic heterocycles. The van der Waals surface area contributed by atoms with Gasteiger partial charge in [-0.05, 0) is 41.1 Å². The number of hydrogen-bond donors (Lipinski definition) is 1. The molecule has 1 saturated heterocycles. The van der Waals surface area contributed by atoms with Gasteiger partial charge in [-0.2, -0.15) is 5.01 Å². The molecule has 0 unspecified atom stereocenters. The first kappa shape index (κ1) is 17.3. The number of thioether (sulfide) groups is 1. The number of hydrazine groups is 1. The first-order valence-corrected chi connectivity index (χ1v) is 8.59. The third-order valence-electron chi connectivity index (χ3n) is 3.41. The van der Waals surface area contributed by atoms with Crippen LogP contribution < -0.4 is 5.43 Å². The molecule has 1 heterocycles. The molecule has 0 atom stereocenters. The predicted octanol–water partition coefficient (Wildman–Crippen LogP) is 3.65. The van der Waals surface area contributed by atoms with Crippen molar-refractivity contribution in [2.45, 2.75) is 6.42 Å². The van der Waals surface area contributed by atoms with Crippen molar-refractivity contribution >= 4 is 46.5 Å². The van der Waals surface area contributed by atoms with Gasteiger partial charge in [0.05, 0.1) is 11.3 Å². The smallest absolute Gasteiger partial charge is 0.273 e. The van der Waals surface area contributed by atoms with Crippen LogP contribution in [-0.2, 0) is 16.0 Å². The molecule has 1 fully saturated rings. The van der Waals surface area contributed by atoms with Gasteiger partial charge in [0, 0.05) is 5.02 Å². The van der Waals surface area contributed by atoms with E-state index in [4.69, 9.17) is 11.6 Å². The number of amides is 3. The van der Waals surface area contributed by atoms with Crippen LogP contribution in [0.3, 0.4) is 0 Å². The number of hydrogen-bond acceptors (Lipinski definition) is 4. The Labute approximate surface area is 153 Å². The molecular formula is C18H13ClN2O3S. The number of halogens is 1. The molecule has 3 amide bonds. The summed E-state index contributed by atoms with van der Waals surface area (Å²) in [5, 5.41) is 0.794. The Morgan fingerprint density at radius 2 is 1.76 bits per heavy atom. The molecule has 1 aliphatic rings. The molecule has 2 aromatic carbocycles. The quantitative estimate of drug-likeness (QED) is 0.832. The monoisotopic (exact) mass is 372 g/mol. The van der Waals surface area contributed by atoms with Crippen LogP contribution in [0.4, 0.5) is 4.79 Å². The minimum atomic E-state index is -0.550. The number of carbonyl (C=O) groups is 3. The van der Waals surface area contributed by atoms with Crippen LogP contribution in [0, 0.1) is 0 Å². The second-order valence-electron chi connectivity index (χ2n) is 5.27. The summed E-state index contributed by atoms with van der Waals surface area (Å²) in [6.45, 7) is 0. The van der Waals surface area contributed by atoms with Crippen molar-refractivity contribution < 1.29 is 14.4 Å². The van der Waals surface area contributed by atoms with E-state index in [1.54, 1.807) is 42.5 Å². The van der Waals surface area contributed by atoms with Gasteiger partial charge in [-0.3, -0.25) is 19.8 Å². The maximum Gasteiger partial charge on any atom is 0.312 e. The summed E-state index contributed by atoms with van der Waals surface area (Å²) in [7, 11) is 0. The molecule has 7 heteroatoms. The molecule has 1 N–H and O–H groups in total. The minimum Gasteiger partial charge on any atom is -0.273 e. The average Bonchev–Trinajstić information content (AvgIpc) is 2.85. The van der Waals surface area contributed by atoms with Crippen LogP contribution in [0.15, 0.2) is 59.5 Å². The van der Waals surface area contributed by atoms with Crippen LogP contribution in [0.1, 0.15) is 11.1 Å². The van der Waals surface area contributed by atoms with Crippen molar-refractivity contribution in [1.29, 1.82) is 0 Å². The topological polar surface area (TPSA) is 66.5 Å². The highest BCUT2D eigenvalue weighted by Gasteiger charge is 2.36. The SMILES string of the molecule is O=C(Cc1ccccc1)NN1C(=O)S/C(=C\c2ccc(Cl)cc2)C1=O. The van der Waals surface area contributed by atoms with Gasteiger partial charge in [-0.1, -0.05) is 54.1 Å². The lowest BCUT2D eigenvalue weighted by Gasteiger charge is -2.13. The van der Waals surface area contributed by atoms with Gasteiger partial charge in [0.2, 0.25) is 5.91 Å². The van der Waals surface area contributed by atoms with Gasteiger partial charge in [0.15, 0.2) is 0 Å². The third kappa shape index (κ3) is 4.29. The predicted molar refractivity (Wildman–Crippen MR) is 97.6 cm³/mol. The van der Waals surface area contributed by atoms with Gasteiger partial charge in [0.1, 0.15) is 0 Å². The largest absolute Gasteiger partial charge is 0.312 e. The van der Waals surface area contributed by atoms with Crippen molar-refractivity contribution in [3.8, 4) is 0 Å². The fraction of sp³-hybridized carbons (Fsp3) is 0.0556. The van der Waals surface area contributed by atoms with Crippen LogP contribution in [0.5, 0.6) is 0 Å². The van der Waals surface area contributed by atoms with E-state index in [0.29, 0.717) is 5.02 Å². The summed E-state index contributed by atoms with van der Waals surface area (Å²) < 4.78 is 0. The lowest BCUT2D eigenvalue weighted by atomic mass is 10.1. The van der Waals surface area contributed by atoms with Crippen molar-refractivity contribution in [1.82, 2.24) is 10.4 Å². The Morgan fingerprint density at radius 3 is 2.44 bits per heavy atom. The van der Waals surface area contributed by atoms with Crippen LogP contribution in [0.2, 0.25) is 5.02 Å². The Bertz CT molecular complexity index is 850. The summed E-state index contributed by atoms with van der Waals surface area (Å²) in [6.07, 6.45) is 1.67. The van der Waals surface area contributed by atoms with E-state index in [1.165, 1.54) is 0 Å². The maximum atomic E-state index is 12.4. The summed E-state index contributed by atoms with van der Waals surface area (Å²) in [6, 6.07) is 15.9. The number of benzene rings is 2. The Morgan fingerprint density at radius 1 is 1.08 bits per heavy atom. The molecule has 0 spiro atoms. The highest BCUT2D eigenvalue weighted by Crippen LogP contribution is 2.31. The molecular weight excluding hydrogens is 360 g/mol. The highest BCUT2D eigenvalue weighted by atomic mass is 35.5. The zero-order valence-corrected chi connectivity index (χ0v) is 14.5. The molecule has 0 bridgehead atoms. The fourth-order valence-electron chi connectivity index (χ4n) is 2.22. The van der Waals surface area contributed by atoms with E-state index < -0.39 is 17.1 Å². The molecule has 2 aromatic rings. The minimum absolute atomic E-state index is 0.0821. The number of nitrogens with zero attached hydrogens (tertiary/aromatic N) is 1. The first-order chi connectivity index (χ1) is 12.0. The number of imide groups is 1. The summed E-state index contributed by atoms with van der Waals surface area (Å²) >= 11 is 6.60. The molecule has 0 aromatic heterocycles. The molecule has 0 radical (unpaired) electrons. The summed E-state index contributed by atoms with van der Waals surface area (Å²) in [5.41, 5.74) is 3.90. The maximum absolute atomic E-state index is 12.4. The standard InChI is InChI=1S/C18H13ClN2O3S/c19-14-8-6-13(7-9-14)10-15-17(23)21(18(24)25-15)20-16(22)11-12-4-2-1-3-5-12/h1-10H,11H2,(H,20,22)/b15-10-. The average molecular weight is 373 g/mol. The molecule has 0 saturated carbocycles. The van der Waals surface area contributed by atoms with E-state index >= 15 is 0 Å². The highest BCUT2D eigenvalue weighted by molar-refractivity contribution is 8.18. The van der Waals surface area contributed by atoms with E-state index in [9.17, 15) is 14.4 Å². The fourth-order valence-corrected chi connectivity index (χ4v) is 3.13. The Balaban J connectivity index is 1.69. The van der Waals surface area contributed by atoms with Crippen molar-refractivity contribution in [2.75, 3.05) is 0 Å². The molecule has 126 valence electrons. The Kier molecular flexibility index (Phi) is 5.21. The van der Waals surface area contributed by atoms with Gasteiger partial charge < -0.3 is 0 Å². The Hall–Kier alpha value is -2.57. The van der Waals surface area contributed by atoms with E-state index in [2.05, 4.69) is 5.43 Å². The normalized spacial score (nSPS) is 15.7. The van der Waals surface area contributed by atoms with Crippen molar-refractivity contribution in [3.63, 3.8) is 0 Å². The van der Waals surface area contributed by atoms with Gasteiger partial charge >= 0.3 is 5.24 Å². The van der Waals surface area contributed by atoms with E-state index in [0.717, 1.165) is 27.9 Å². The number of rotatable bonds is 4. The lowest BCUT2D eigenvalue weighted by molar-refractivity contribution is -0.133. The van der Waals surface area contributed by atoms with Crippen LogP contribution in [0.25, 0.3) is 6.08 Å². The third-order valence-corrected chi connectivity index (χ3v) is 4.53.